The Morgan fingerprint density at radius 3 is 2.63 bits per heavy atom. The average Bonchev–Trinajstić information content (AvgIpc) is 3.27. The summed E-state index contributed by atoms with van der Waals surface area (Å²) in [6, 6.07) is 14.2. The minimum atomic E-state index is -0.942. The van der Waals surface area contributed by atoms with E-state index in [1.165, 1.54) is 4.90 Å². The number of rotatable bonds is 6. The van der Waals surface area contributed by atoms with Gasteiger partial charge in [-0.2, -0.15) is 0 Å². The second kappa shape index (κ2) is 8.72. The molecule has 1 aliphatic rings. The predicted molar refractivity (Wildman–Crippen MR) is 135 cm³/mol. The Hall–Kier alpha value is -3.88. The minimum absolute atomic E-state index is 0.118. The number of H-pyrrole nitrogens is 1. The highest BCUT2D eigenvalue weighted by atomic mass is 35.5. The summed E-state index contributed by atoms with van der Waals surface area (Å²) in [5.41, 5.74) is 1.32. The topological polar surface area (TPSA) is 108 Å². The smallest absolute Gasteiger partial charge is 0.252 e. The van der Waals surface area contributed by atoms with Gasteiger partial charge in [-0.25, -0.2) is 4.98 Å². The molecule has 8 nitrogen and oxygen atoms in total. The summed E-state index contributed by atoms with van der Waals surface area (Å²) >= 11 is 6.51. The fraction of sp³-hybridized carbons (Fsp3) is 0.192. The number of benzene rings is 2. The lowest BCUT2D eigenvalue weighted by Gasteiger charge is -2.39. The van der Waals surface area contributed by atoms with Gasteiger partial charge in [0.15, 0.2) is 5.78 Å². The molecule has 35 heavy (non-hydrogen) atoms. The molecule has 0 bridgehead atoms. The Bertz CT molecular complexity index is 1450. The number of pyridine rings is 1. The third kappa shape index (κ3) is 4.00. The number of ether oxygens (including phenoxy) is 1. The number of β-amino-alcohol motifs (C(OH)–C–C–N with tert-alkyl or cyclic N) is 1. The third-order valence-corrected chi connectivity index (χ3v) is 6.23. The van der Waals surface area contributed by atoms with Crippen molar-refractivity contribution in [1.29, 1.82) is 0 Å². The number of hydrogen-bond donors (Lipinski definition) is 3. The Morgan fingerprint density at radius 1 is 1.14 bits per heavy atom. The lowest BCUT2D eigenvalue weighted by atomic mass is 9.95. The van der Waals surface area contributed by atoms with Crippen LogP contribution in [-0.4, -0.2) is 45.5 Å². The van der Waals surface area contributed by atoms with Crippen LogP contribution in [0.4, 0.5) is 11.4 Å². The van der Waals surface area contributed by atoms with Gasteiger partial charge in [0.05, 0.1) is 40.2 Å². The zero-order valence-electron chi connectivity index (χ0n) is 19.1. The maximum atomic E-state index is 13.6. The fourth-order valence-corrected chi connectivity index (χ4v) is 4.50. The Balaban J connectivity index is 1.56. The van der Waals surface area contributed by atoms with Crippen molar-refractivity contribution < 1.29 is 19.4 Å². The summed E-state index contributed by atoms with van der Waals surface area (Å²) in [7, 11) is 0. The first-order valence-electron chi connectivity index (χ1n) is 11.1. The van der Waals surface area contributed by atoms with Crippen LogP contribution in [0.3, 0.4) is 0 Å². The van der Waals surface area contributed by atoms with E-state index in [1.807, 2.05) is 30.3 Å². The lowest BCUT2D eigenvalue weighted by Crippen LogP contribution is -2.54. The number of carbonyl (C=O) groups is 2. The van der Waals surface area contributed by atoms with Crippen molar-refractivity contribution >= 4 is 45.7 Å². The molecule has 0 aliphatic carbocycles. The zero-order chi connectivity index (χ0) is 24.7. The van der Waals surface area contributed by atoms with Gasteiger partial charge in [-0.3, -0.25) is 9.59 Å². The van der Waals surface area contributed by atoms with Crippen LogP contribution < -0.4 is 15.0 Å². The monoisotopic (exact) mass is 490 g/mol. The number of ketones is 1. The second-order valence-corrected chi connectivity index (χ2v) is 9.17. The molecule has 3 N–H and O–H groups in total. The molecular formula is C26H23ClN4O4. The van der Waals surface area contributed by atoms with Crippen LogP contribution in [0, 0.1) is 0 Å². The molecule has 4 aromatic rings. The first-order valence-corrected chi connectivity index (χ1v) is 11.5. The number of fused-ring (bicyclic) bond motifs is 3. The van der Waals surface area contributed by atoms with Gasteiger partial charge in [0, 0.05) is 24.4 Å². The number of nitrogens with zero attached hydrogens (tertiary/aromatic N) is 2. The van der Waals surface area contributed by atoms with E-state index >= 15 is 0 Å². The normalized spacial score (nSPS) is 14.5. The number of hydrogen-bond acceptors (Lipinski definition) is 6. The number of aliphatic hydroxyl groups is 1. The van der Waals surface area contributed by atoms with Crippen LogP contribution in [-0.2, 0) is 4.79 Å². The highest BCUT2D eigenvalue weighted by Crippen LogP contribution is 2.41. The second-order valence-electron chi connectivity index (χ2n) is 8.76. The summed E-state index contributed by atoms with van der Waals surface area (Å²) in [4.78, 5) is 35.5. The van der Waals surface area contributed by atoms with Gasteiger partial charge in [-0.05, 0) is 38.1 Å². The number of aliphatic hydroxyl groups excluding tert-OH is 1. The van der Waals surface area contributed by atoms with Crippen LogP contribution in [0.5, 0.6) is 11.5 Å². The molecular weight excluding hydrogens is 468 g/mol. The van der Waals surface area contributed by atoms with Gasteiger partial charge in [-0.15, -0.1) is 0 Å². The van der Waals surface area contributed by atoms with E-state index in [-0.39, 0.29) is 29.9 Å². The number of aromatic amines is 1. The molecule has 0 spiro atoms. The van der Waals surface area contributed by atoms with Gasteiger partial charge in [0.2, 0.25) is 0 Å². The van der Waals surface area contributed by atoms with Crippen LogP contribution in [0.2, 0.25) is 5.02 Å². The number of para-hydroxylation sites is 1. The van der Waals surface area contributed by atoms with E-state index in [1.54, 1.807) is 44.4 Å². The quantitative estimate of drug-likeness (QED) is 0.336. The van der Waals surface area contributed by atoms with E-state index in [2.05, 4.69) is 15.3 Å². The van der Waals surface area contributed by atoms with E-state index in [0.717, 1.165) is 0 Å². The lowest BCUT2D eigenvalue weighted by molar-refractivity contribution is -0.122. The molecule has 5 rings (SSSR count). The maximum absolute atomic E-state index is 13.6. The van der Waals surface area contributed by atoms with Gasteiger partial charge in [0.1, 0.15) is 22.7 Å². The van der Waals surface area contributed by atoms with Crippen LogP contribution in [0.25, 0.3) is 11.0 Å². The van der Waals surface area contributed by atoms with Crippen molar-refractivity contribution in [2.75, 3.05) is 23.4 Å². The maximum Gasteiger partial charge on any atom is 0.252 e. The number of amides is 1. The Kier molecular flexibility index (Phi) is 5.70. The molecule has 1 amide bonds. The first-order chi connectivity index (χ1) is 16.8. The zero-order valence-corrected chi connectivity index (χ0v) is 19.9. The molecule has 0 radical (unpaired) electrons. The molecule has 0 atom stereocenters. The number of aromatic nitrogens is 2. The van der Waals surface area contributed by atoms with Gasteiger partial charge >= 0.3 is 0 Å². The largest absolute Gasteiger partial charge is 0.457 e. The molecule has 0 saturated carbocycles. The van der Waals surface area contributed by atoms with Crippen LogP contribution in [0.1, 0.15) is 29.8 Å². The van der Waals surface area contributed by atoms with Gasteiger partial charge < -0.3 is 25.0 Å². The van der Waals surface area contributed by atoms with Crippen molar-refractivity contribution in [2.24, 2.45) is 0 Å². The molecule has 9 heteroatoms. The van der Waals surface area contributed by atoms with E-state index in [9.17, 15) is 14.7 Å². The fourth-order valence-electron chi connectivity index (χ4n) is 4.24. The van der Waals surface area contributed by atoms with Crippen LogP contribution in [0.15, 0.2) is 60.9 Å². The summed E-state index contributed by atoms with van der Waals surface area (Å²) in [5.74, 6) is 0.679. The van der Waals surface area contributed by atoms with Crippen molar-refractivity contribution in [3.63, 3.8) is 0 Å². The minimum Gasteiger partial charge on any atom is -0.457 e. The average molecular weight is 491 g/mol. The predicted octanol–water partition coefficient (Wildman–Crippen LogP) is 4.77. The summed E-state index contributed by atoms with van der Waals surface area (Å²) < 4.78 is 5.82. The summed E-state index contributed by atoms with van der Waals surface area (Å²) in [5, 5.41) is 13.6. The van der Waals surface area contributed by atoms with Crippen molar-refractivity contribution in [2.45, 2.75) is 19.4 Å². The molecule has 2 aromatic carbocycles. The third-order valence-electron chi connectivity index (χ3n) is 5.92. The van der Waals surface area contributed by atoms with Gasteiger partial charge in [0.25, 0.3) is 5.91 Å². The molecule has 3 heterocycles. The van der Waals surface area contributed by atoms with Crippen LogP contribution >= 0.6 is 11.6 Å². The molecule has 178 valence electrons. The van der Waals surface area contributed by atoms with Crippen molar-refractivity contribution in [3.8, 4) is 11.5 Å². The molecule has 0 unspecified atom stereocenters. The molecule has 1 aliphatic heterocycles. The standard InChI is InChI=1S/C26H23ClN4O4/c1-26(2)25(34)31(10-11-32)20-14-29-24-21(22(20)30-26)18(13-28-24)23(33)17-9-8-16(12-19(17)27)35-15-6-4-3-5-7-15/h3-9,12-14,30,32H,10-11H2,1-2H3,(H,28,29). The van der Waals surface area contributed by atoms with Crippen molar-refractivity contribution in [3.05, 3.63) is 77.1 Å². The Labute approximate surface area is 206 Å². The van der Waals surface area contributed by atoms with E-state index in [4.69, 9.17) is 16.3 Å². The summed E-state index contributed by atoms with van der Waals surface area (Å²) in [6.07, 6.45) is 3.15. The Morgan fingerprint density at radius 2 is 1.91 bits per heavy atom. The van der Waals surface area contributed by atoms with E-state index in [0.29, 0.717) is 45.0 Å². The van der Waals surface area contributed by atoms with Gasteiger partial charge in [-0.1, -0.05) is 29.8 Å². The molecule has 0 fully saturated rings. The number of nitrogens with one attached hydrogen (secondary N) is 2. The number of halogens is 1. The first kappa shape index (κ1) is 22.9. The number of carbonyl (C=O) groups excluding carboxylic acids is 2. The highest BCUT2D eigenvalue weighted by molar-refractivity contribution is 6.36. The molecule has 2 aromatic heterocycles. The highest BCUT2D eigenvalue weighted by Gasteiger charge is 2.40. The van der Waals surface area contributed by atoms with E-state index < -0.39 is 5.54 Å². The molecule has 0 saturated heterocycles. The number of anilines is 2. The SMILES string of the molecule is CC1(C)Nc2c(cnc3[nH]cc(C(=O)c4ccc(Oc5ccccc5)cc4Cl)c23)N(CCO)C1=O. The van der Waals surface area contributed by atoms with Crippen molar-refractivity contribution in [1.82, 2.24) is 9.97 Å². The summed E-state index contributed by atoms with van der Waals surface area (Å²) in [6.45, 7) is 3.43.